The molecule has 0 aliphatic rings. The molecular formula is C28H26F2N6O. The molecule has 7 nitrogen and oxygen atoms in total. The van der Waals surface area contributed by atoms with Crippen LogP contribution in [0.15, 0.2) is 67.1 Å². The Morgan fingerprint density at radius 2 is 1.76 bits per heavy atom. The van der Waals surface area contributed by atoms with E-state index in [9.17, 15) is 8.78 Å². The maximum absolute atomic E-state index is 14.8. The first-order chi connectivity index (χ1) is 18.1. The van der Waals surface area contributed by atoms with Gasteiger partial charge in [-0.2, -0.15) is 5.10 Å². The lowest BCUT2D eigenvalue weighted by molar-refractivity contribution is 0.335. The number of nitrogens with zero attached hydrogens (tertiary/aromatic N) is 5. The van der Waals surface area contributed by atoms with Gasteiger partial charge in [-0.1, -0.05) is 31.5 Å². The summed E-state index contributed by atoms with van der Waals surface area (Å²) in [6.45, 7) is 4.08. The van der Waals surface area contributed by atoms with E-state index in [0.29, 0.717) is 23.9 Å². The van der Waals surface area contributed by atoms with Gasteiger partial charge in [0, 0.05) is 52.9 Å². The average Bonchev–Trinajstić information content (AvgIpc) is 3.27. The van der Waals surface area contributed by atoms with E-state index < -0.39 is 11.6 Å². The number of hydrogen-bond acceptors (Lipinski definition) is 6. The van der Waals surface area contributed by atoms with Gasteiger partial charge < -0.3 is 10.1 Å². The molecule has 188 valence electrons. The number of anilines is 2. The number of pyridine rings is 1. The molecule has 0 fully saturated rings. The van der Waals surface area contributed by atoms with Gasteiger partial charge in [-0.05, 0) is 31.5 Å². The number of nitrogens with one attached hydrogen (secondary N) is 1. The van der Waals surface area contributed by atoms with Gasteiger partial charge in [0.2, 0.25) is 0 Å². The van der Waals surface area contributed by atoms with Crippen LogP contribution in [0.4, 0.5) is 20.3 Å². The topological polar surface area (TPSA) is 77.8 Å². The summed E-state index contributed by atoms with van der Waals surface area (Å²) in [7, 11) is 0. The van der Waals surface area contributed by atoms with E-state index in [1.807, 2.05) is 36.4 Å². The van der Waals surface area contributed by atoms with Crippen molar-refractivity contribution < 1.29 is 13.5 Å². The van der Waals surface area contributed by atoms with E-state index in [4.69, 9.17) is 14.8 Å². The standard InChI is InChI=1S/C28H26F2N6O/c1-3-7-18-16-32-28(34-27(18)33-19-10-12-31-13-11-19)26-21-8-5-6-9-25(21)36(35-26)17-22-23(29)14-20(37-4-2)15-24(22)30/h5-6,8-16H,3-4,7,17H2,1-2H3,(H,31,32,33,34). The van der Waals surface area contributed by atoms with Crippen LogP contribution in [-0.4, -0.2) is 31.3 Å². The second kappa shape index (κ2) is 10.7. The molecule has 0 aliphatic carbocycles. The van der Waals surface area contributed by atoms with Crippen molar-refractivity contribution in [2.75, 3.05) is 11.9 Å². The number of aryl methyl sites for hydroxylation is 1. The molecule has 5 aromatic rings. The van der Waals surface area contributed by atoms with Crippen molar-refractivity contribution in [2.24, 2.45) is 0 Å². The fourth-order valence-electron chi connectivity index (χ4n) is 4.20. The Balaban J connectivity index is 1.56. The van der Waals surface area contributed by atoms with Crippen molar-refractivity contribution in [1.29, 1.82) is 0 Å². The van der Waals surface area contributed by atoms with Gasteiger partial charge in [0.1, 0.15) is 28.9 Å². The fraction of sp³-hybridized carbons (Fsp3) is 0.214. The fourth-order valence-corrected chi connectivity index (χ4v) is 4.20. The summed E-state index contributed by atoms with van der Waals surface area (Å²) in [5.74, 6) is -0.122. The molecule has 0 amide bonds. The van der Waals surface area contributed by atoms with Crippen molar-refractivity contribution in [1.82, 2.24) is 24.7 Å². The van der Waals surface area contributed by atoms with Crippen LogP contribution in [0.25, 0.3) is 22.4 Å². The van der Waals surface area contributed by atoms with Crippen molar-refractivity contribution >= 4 is 22.4 Å². The van der Waals surface area contributed by atoms with Gasteiger partial charge in [-0.25, -0.2) is 18.7 Å². The monoisotopic (exact) mass is 500 g/mol. The highest BCUT2D eigenvalue weighted by Gasteiger charge is 2.19. The highest BCUT2D eigenvalue weighted by Crippen LogP contribution is 2.30. The molecule has 0 unspecified atom stereocenters. The summed E-state index contributed by atoms with van der Waals surface area (Å²) in [5, 5.41) is 8.85. The normalized spacial score (nSPS) is 11.1. The summed E-state index contributed by atoms with van der Waals surface area (Å²) in [5.41, 5.74) is 2.99. The third-order valence-corrected chi connectivity index (χ3v) is 5.93. The molecule has 5 rings (SSSR count). The average molecular weight is 501 g/mol. The highest BCUT2D eigenvalue weighted by molar-refractivity contribution is 5.91. The van der Waals surface area contributed by atoms with Crippen LogP contribution in [-0.2, 0) is 13.0 Å². The predicted molar refractivity (Wildman–Crippen MR) is 139 cm³/mol. The third kappa shape index (κ3) is 5.11. The lowest BCUT2D eigenvalue weighted by atomic mass is 10.1. The van der Waals surface area contributed by atoms with Crippen molar-refractivity contribution in [2.45, 2.75) is 33.2 Å². The zero-order valence-corrected chi connectivity index (χ0v) is 20.6. The number of fused-ring (bicyclic) bond motifs is 1. The maximum atomic E-state index is 14.8. The summed E-state index contributed by atoms with van der Waals surface area (Å²) in [6, 6.07) is 13.6. The van der Waals surface area contributed by atoms with Crippen LogP contribution < -0.4 is 10.1 Å². The van der Waals surface area contributed by atoms with Crippen LogP contribution in [0.3, 0.4) is 0 Å². The minimum Gasteiger partial charge on any atom is -0.494 e. The molecule has 0 atom stereocenters. The van der Waals surface area contributed by atoms with E-state index in [1.165, 1.54) is 12.1 Å². The Labute approximate surface area is 213 Å². The van der Waals surface area contributed by atoms with Crippen LogP contribution in [0.2, 0.25) is 0 Å². The Bertz CT molecular complexity index is 1510. The zero-order chi connectivity index (χ0) is 25.8. The van der Waals surface area contributed by atoms with Crippen molar-refractivity contribution in [3.05, 3.63) is 89.9 Å². The molecule has 0 bridgehead atoms. The maximum Gasteiger partial charge on any atom is 0.182 e. The van der Waals surface area contributed by atoms with E-state index in [1.54, 1.807) is 30.2 Å². The summed E-state index contributed by atoms with van der Waals surface area (Å²) in [6.07, 6.45) is 6.95. The van der Waals surface area contributed by atoms with Crippen molar-refractivity contribution in [3.8, 4) is 17.3 Å². The largest absolute Gasteiger partial charge is 0.494 e. The number of rotatable bonds is 9. The molecule has 3 aromatic heterocycles. The van der Waals surface area contributed by atoms with Crippen molar-refractivity contribution in [3.63, 3.8) is 0 Å². The number of para-hydroxylation sites is 1. The van der Waals surface area contributed by atoms with E-state index in [-0.39, 0.29) is 17.9 Å². The van der Waals surface area contributed by atoms with Gasteiger partial charge >= 0.3 is 0 Å². The molecule has 3 heterocycles. The summed E-state index contributed by atoms with van der Waals surface area (Å²) in [4.78, 5) is 13.5. The lowest BCUT2D eigenvalue weighted by Crippen LogP contribution is -2.07. The Morgan fingerprint density at radius 1 is 1.00 bits per heavy atom. The van der Waals surface area contributed by atoms with Gasteiger partial charge in [-0.3, -0.25) is 9.67 Å². The smallest absolute Gasteiger partial charge is 0.182 e. The number of halogens is 2. The first kappa shape index (κ1) is 24.3. The minimum absolute atomic E-state index is 0.0949. The first-order valence-electron chi connectivity index (χ1n) is 12.2. The van der Waals surface area contributed by atoms with Gasteiger partial charge in [0.25, 0.3) is 0 Å². The predicted octanol–water partition coefficient (Wildman–Crippen LogP) is 6.31. The van der Waals surface area contributed by atoms with Gasteiger partial charge in [-0.15, -0.1) is 0 Å². The zero-order valence-electron chi connectivity index (χ0n) is 20.6. The summed E-state index contributed by atoms with van der Waals surface area (Å²) < 4.78 is 36.5. The molecular weight excluding hydrogens is 474 g/mol. The molecule has 0 radical (unpaired) electrons. The number of ether oxygens (including phenoxy) is 1. The van der Waals surface area contributed by atoms with Crippen LogP contribution >= 0.6 is 0 Å². The van der Waals surface area contributed by atoms with Crippen LogP contribution in [0.5, 0.6) is 5.75 Å². The van der Waals surface area contributed by atoms with Gasteiger partial charge in [0.05, 0.1) is 18.7 Å². The molecule has 2 aromatic carbocycles. The molecule has 0 spiro atoms. The molecule has 0 saturated carbocycles. The van der Waals surface area contributed by atoms with E-state index in [2.05, 4.69) is 22.2 Å². The number of benzene rings is 2. The van der Waals surface area contributed by atoms with Crippen LogP contribution in [0, 0.1) is 11.6 Å². The third-order valence-electron chi connectivity index (χ3n) is 5.93. The Hall–Kier alpha value is -4.40. The molecule has 0 saturated heterocycles. The number of aromatic nitrogens is 5. The molecule has 0 aliphatic heterocycles. The summed E-state index contributed by atoms with van der Waals surface area (Å²) >= 11 is 0. The minimum atomic E-state index is -0.686. The highest BCUT2D eigenvalue weighted by atomic mass is 19.1. The lowest BCUT2D eigenvalue weighted by Gasteiger charge is -2.11. The molecule has 9 heteroatoms. The quantitative estimate of drug-likeness (QED) is 0.256. The van der Waals surface area contributed by atoms with E-state index in [0.717, 1.165) is 35.0 Å². The van der Waals surface area contributed by atoms with Gasteiger partial charge in [0.15, 0.2) is 5.82 Å². The second-order valence-corrected chi connectivity index (χ2v) is 8.50. The van der Waals surface area contributed by atoms with E-state index >= 15 is 0 Å². The molecule has 1 N–H and O–H groups in total. The Kier molecular flexibility index (Phi) is 7.02. The van der Waals surface area contributed by atoms with Crippen LogP contribution in [0.1, 0.15) is 31.4 Å². The first-order valence-corrected chi connectivity index (χ1v) is 12.2. The number of hydrogen-bond donors (Lipinski definition) is 1. The SMILES string of the molecule is CCCc1cnc(-c2nn(Cc3c(F)cc(OCC)cc3F)c3ccccc23)nc1Nc1ccncc1. The second-order valence-electron chi connectivity index (χ2n) is 8.50. The molecule has 37 heavy (non-hydrogen) atoms. The Morgan fingerprint density at radius 3 is 2.49 bits per heavy atom.